The summed E-state index contributed by atoms with van der Waals surface area (Å²) in [5.74, 6) is 0. The summed E-state index contributed by atoms with van der Waals surface area (Å²) in [6, 6.07) is 97.8. The molecule has 1 aromatic heterocycles. The van der Waals surface area contributed by atoms with E-state index in [2.05, 4.69) is 290 Å². The molecule has 0 unspecified atom stereocenters. The number of para-hydroxylation sites is 2. The van der Waals surface area contributed by atoms with Crippen LogP contribution in [0.4, 0.5) is 17.1 Å². The summed E-state index contributed by atoms with van der Waals surface area (Å²) in [4.78, 5) is 2.42. The fourth-order valence-corrected chi connectivity index (χ4v) is 11.1. The fraction of sp³-hybridized carbons (Fsp3) is 0.0435. The van der Waals surface area contributed by atoms with Gasteiger partial charge in [0.2, 0.25) is 0 Å². The van der Waals surface area contributed by atoms with E-state index in [0.717, 1.165) is 17.1 Å². The molecule has 1 heterocycles. The van der Waals surface area contributed by atoms with E-state index in [1.165, 1.54) is 105 Å². The summed E-state index contributed by atoms with van der Waals surface area (Å²) >= 11 is 0. The molecule has 0 saturated heterocycles. The summed E-state index contributed by atoms with van der Waals surface area (Å²) in [6.45, 7) is 4.78. The average Bonchev–Trinajstić information content (AvgIpc) is 3.89. The van der Waals surface area contributed by atoms with Crippen molar-refractivity contribution in [3.63, 3.8) is 0 Å². The van der Waals surface area contributed by atoms with E-state index < -0.39 is 0 Å². The van der Waals surface area contributed by atoms with E-state index in [-0.39, 0.29) is 5.41 Å². The van der Waals surface area contributed by atoms with Crippen LogP contribution in [0.5, 0.6) is 0 Å². The Bertz CT molecular complexity index is 3790. The predicted octanol–water partition coefficient (Wildman–Crippen LogP) is 18.9. The Balaban J connectivity index is 0.872. The van der Waals surface area contributed by atoms with Crippen molar-refractivity contribution >= 4 is 38.9 Å². The first-order valence-corrected chi connectivity index (χ1v) is 24.7. The van der Waals surface area contributed by atoms with Gasteiger partial charge in [-0.1, -0.05) is 196 Å². The molecule has 11 aromatic carbocycles. The zero-order valence-corrected chi connectivity index (χ0v) is 39.8. The monoisotopic (exact) mass is 906 g/mol. The lowest BCUT2D eigenvalue weighted by Gasteiger charge is -2.28. The Hall–Kier alpha value is -8.98. The molecule has 71 heavy (non-hydrogen) atoms. The van der Waals surface area contributed by atoms with Crippen LogP contribution in [0, 0.1) is 0 Å². The molecule has 0 radical (unpaired) electrons. The summed E-state index contributed by atoms with van der Waals surface area (Å²) in [6.07, 6.45) is 0. The zero-order chi connectivity index (χ0) is 47.5. The van der Waals surface area contributed by atoms with Gasteiger partial charge in [0.05, 0.1) is 11.0 Å². The Kier molecular flexibility index (Phi) is 10.2. The third-order valence-corrected chi connectivity index (χ3v) is 14.8. The standard InChI is InChI=1S/C69H50N2/c1-69(2)65-45-56(55-33-41-68-64(44-55)63-26-12-13-27-67(63)71(68)57-24-10-5-11-25-57)32-39-61(65)62-40-38-60(46-66(62)69)70(58-34-28-49(29-35-58)53-22-14-20-51(42-53)47-16-6-3-7-17-47)59-36-30-50(31-37-59)54-23-15-21-52(43-54)48-18-8-4-9-19-48/h3-46H,1-2H3. The smallest absolute Gasteiger partial charge is 0.0541 e. The first-order chi connectivity index (χ1) is 34.9. The molecule has 336 valence electrons. The molecule has 2 heteroatoms. The van der Waals surface area contributed by atoms with Crippen molar-refractivity contribution < 1.29 is 0 Å². The average molecular weight is 907 g/mol. The van der Waals surface area contributed by atoms with Crippen LogP contribution in [0.15, 0.2) is 267 Å². The normalized spacial score (nSPS) is 12.5. The molecular formula is C69H50N2. The van der Waals surface area contributed by atoms with Crippen molar-refractivity contribution in [2.24, 2.45) is 0 Å². The van der Waals surface area contributed by atoms with E-state index >= 15 is 0 Å². The molecule has 0 saturated carbocycles. The summed E-state index contributed by atoms with van der Waals surface area (Å²) in [5.41, 5.74) is 24.1. The number of nitrogens with zero attached hydrogens (tertiary/aromatic N) is 2. The topological polar surface area (TPSA) is 8.17 Å². The van der Waals surface area contributed by atoms with Crippen LogP contribution < -0.4 is 4.90 Å². The number of benzene rings is 11. The molecule has 0 amide bonds. The minimum atomic E-state index is -0.239. The number of fused-ring (bicyclic) bond motifs is 6. The highest BCUT2D eigenvalue weighted by Gasteiger charge is 2.36. The minimum Gasteiger partial charge on any atom is -0.310 e. The van der Waals surface area contributed by atoms with E-state index in [9.17, 15) is 0 Å². The Labute approximate surface area is 416 Å². The molecular weight excluding hydrogens is 857 g/mol. The van der Waals surface area contributed by atoms with Gasteiger partial charge in [-0.15, -0.1) is 0 Å². The van der Waals surface area contributed by atoms with Gasteiger partial charge in [0.25, 0.3) is 0 Å². The third-order valence-electron chi connectivity index (χ3n) is 14.8. The van der Waals surface area contributed by atoms with Gasteiger partial charge in [0.15, 0.2) is 0 Å². The Morgan fingerprint density at radius 1 is 0.282 bits per heavy atom. The lowest BCUT2D eigenvalue weighted by Crippen LogP contribution is -2.16. The van der Waals surface area contributed by atoms with Crippen LogP contribution >= 0.6 is 0 Å². The summed E-state index contributed by atoms with van der Waals surface area (Å²) < 4.78 is 2.39. The van der Waals surface area contributed by atoms with Crippen molar-refractivity contribution in [3.05, 3.63) is 278 Å². The maximum absolute atomic E-state index is 2.45. The van der Waals surface area contributed by atoms with Crippen LogP contribution in [-0.4, -0.2) is 4.57 Å². The highest BCUT2D eigenvalue weighted by atomic mass is 15.1. The number of hydrogen-bond acceptors (Lipinski definition) is 1. The van der Waals surface area contributed by atoms with Gasteiger partial charge in [-0.25, -0.2) is 0 Å². The minimum absolute atomic E-state index is 0.239. The van der Waals surface area contributed by atoms with Crippen molar-refractivity contribution in [1.82, 2.24) is 4.57 Å². The highest BCUT2D eigenvalue weighted by Crippen LogP contribution is 2.52. The Morgan fingerprint density at radius 3 is 1.25 bits per heavy atom. The van der Waals surface area contributed by atoms with Gasteiger partial charge in [0.1, 0.15) is 0 Å². The summed E-state index contributed by atoms with van der Waals surface area (Å²) in [5, 5.41) is 2.52. The molecule has 1 aliphatic rings. The second kappa shape index (κ2) is 17.2. The molecule has 1 aliphatic carbocycles. The molecule has 0 aliphatic heterocycles. The second-order valence-corrected chi connectivity index (χ2v) is 19.4. The van der Waals surface area contributed by atoms with Crippen LogP contribution in [0.2, 0.25) is 0 Å². The SMILES string of the molecule is CC1(C)c2cc(-c3ccc4c(c3)c3ccccc3n4-c3ccccc3)ccc2-c2ccc(N(c3ccc(-c4cccc(-c5ccccc5)c4)cc3)c3ccc(-c4cccc(-c5ccccc5)c4)cc3)cc21. The van der Waals surface area contributed by atoms with E-state index in [1.54, 1.807) is 0 Å². The molecule has 0 fully saturated rings. The van der Waals surface area contributed by atoms with Crippen LogP contribution in [-0.2, 0) is 5.41 Å². The molecule has 12 aromatic rings. The van der Waals surface area contributed by atoms with Gasteiger partial charge in [-0.05, 0) is 163 Å². The number of rotatable bonds is 9. The number of aromatic nitrogens is 1. The van der Waals surface area contributed by atoms with Gasteiger partial charge < -0.3 is 9.47 Å². The molecule has 13 rings (SSSR count). The van der Waals surface area contributed by atoms with E-state index in [0.29, 0.717) is 0 Å². The van der Waals surface area contributed by atoms with Crippen LogP contribution in [0.3, 0.4) is 0 Å². The van der Waals surface area contributed by atoms with Gasteiger partial charge in [-0.3, -0.25) is 0 Å². The lowest BCUT2D eigenvalue weighted by atomic mass is 9.81. The van der Waals surface area contributed by atoms with E-state index in [1.807, 2.05) is 0 Å². The first-order valence-electron chi connectivity index (χ1n) is 24.7. The largest absolute Gasteiger partial charge is 0.310 e. The highest BCUT2D eigenvalue weighted by molar-refractivity contribution is 6.10. The molecule has 0 atom stereocenters. The van der Waals surface area contributed by atoms with Gasteiger partial charge in [-0.2, -0.15) is 0 Å². The molecule has 0 spiro atoms. The first kappa shape index (κ1) is 42.1. The third kappa shape index (κ3) is 7.44. The lowest BCUT2D eigenvalue weighted by molar-refractivity contribution is 0.660. The molecule has 0 bridgehead atoms. The fourth-order valence-electron chi connectivity index (χ4n) is 11.1. The van der Waals surface area contributed by atoms with Crippen LogP contribution in [0.25, 0.3) is 94.3 Å². The van der Waals surface area contributed by atoms with Crippen molar-refractivity contribution in [2.45, 2.75) is 19.3 Å². The van der Waals surface area contributed by atoms with Gasteiger partial charge in [0, 0.05) is 38.9 Å². The van der Waals surface area contributed by atoms with Crippen LogP contribution in [0.1, 0.15) is 25.0 Å². The van der Waals surface area contributed by atoms with Gasteiger partial charge >= 0.3 is 0 Å². The van der Waals surface area contributed by atoms with Crippen molar-refractivity contribution in [2.75, 3.05) is 4.90 Å². The summed E-state index contributed by atoms with van der Waals surface area (Å²) in [7, 11) is 0. The molecule has 0 N–H and O–H groups in total. The van der Waals surface area contributed by atoms with E-state index in [4.69, 9.17) is 0 Å². The van der Waals surface area contributed by atoms with Crippen molar-refractivity contribution in [1.29, 1.82) is 0 Å². The number of anilines is 3. The van der Waals surface area contributed by atoms with Crippen molar-refractivity contribution in [3.8, 4) is 72.4 Å². The molecule has 2 nitrogen and oxygen atoms in total. The quantitative estimate of drug-likeness (QED) is 0.140. The number of hydrogen-bond donors (Lipinski definition) is 0. The predicted molar refractivity (Wildman–Crippen MR) is 300 cm³/mol. The maximum atomic E-state index is 2.45. The Morgan fingerprint density at radius 2 is 0.676 bits per heavy atom. The maximum Gasteiger partial charge on any atom is 0.0541 e. The second-order valence-electron chi connectivity index (χ2n) is 19.4. The zero-order valence-electron chi connectivity index (χ0n) is 39.8.